The maximum Gasteiger partial charge on any atom is 0.253 e. The Balaban J connectivity index is 1.64. The molecule has 0 spiro atoms. The molecule has 0 bridgehead atoms. The van der Waals surface area contributed by atoms with Crippen molar-refractivity contribution >= 4 is 11.7 Å². The number of rotatable bonds is 7. The van der Waals surface area contributed by atoms with Gasteiger partial charge in [-0.2, -0.15) is 0 Å². The van der Waals surface area contributed by atoms with E-state index in [0.29, 0.717) is 5.92 Å². The first-order chi connectivity index (χ1) is 14.4. The quantitative estimate of drug-likeness (QED) is 0.611. The van der Waals surface area contributed by atoms with Crippen molar-refractivity contribution in [3.63, 3.8) is 0 Å². The third kappa shape index (κ3) is 5.18. The molecule has 0 radical (unpaired) electrons. The van der Waals surface area contributed by atoms with Gasteiger partial charge in [-0.3, -0.25) is 4.79 Å². The minimum Gasteiger partial charge on any atom is -0.353 e. The normalized spacial score (nSPS) is 14.5. The summed E-state index contributed by atoms with van der Waals surface area (Å²) in [5.41, 5.74) is 4.39. The van der Waals surface area contributed by atoms with Crippen LogP contribution in [0.4, 0.5) is 5.82 Å². The number of carbonyl (C=O) groups is 1. The number of carbonyl (C=O) groups excluding carboxylic acids is 1. The van der Waals surface area contributed by atoms with Crippen LogP contribution < -0.4 is 4.90 Å². The van der Waals surface area contributed by atoms with Crippen LogP contribution in [-0.2, 0) is 6.42 Å². The number of anilines is 1. The fraction of sp³-hybridized carbons (Fsp3) is 0.560. The second kappa shape index (κ2) is 10.1. The Morgan fingerprint density at radius 2 is 1.67 bits per heavy atom. The number of unbranched alkanes of at least 4 members (excludes halogenated alkanes) is 2. The van der Waals surface area contributed by atoms with Gasteiger partial charge in [-0.1, -0.05) is 45.7 Å². The molecular weight excluding hydrogens is 372 g/mol. The number of hydrogen-bond donors (Lipinski definition) is 0. The third-order valence-electron chi connectivity index (χ3n) is 5.94. The van der Waals surface area contributed by atoms with Crippen LogP contribution in [0.5, 0.6) is 0 Å². The molecule has 1 saturated heterocycles. The van der Waals surface area contributed by atoms with Gasteiger partial charge in [0.15, 0.2) is 0 Å². The molecule has 0 saturated carbocycles. The van der Waals surface area contributed by atoms with Gasteiger partial charge in [0.25, 0.3) is 5.91 Å². The maximum atomic E-state index is 13.0. The van der Waals surface area contributed by atoms with Gasteiger partial charge in [-0.15, -0.1) is 0 Å². The van der Waals surface area contributed by atoms with Crippen molar-refractivity contribution < 1.29 is 4.79 Å². The average Bonchev–Trinajstić information content (AvgIpc) is 2.73. The Kier molecular flexibility index (Phi) is 7.46. The molecule has 162 valence electrons. The van der Waals surface area contributed by atoms with E-state index < -0.39 is 0 Å². The monoisotopic (exact) mass is 408 g/mol. The van der Waals surface area contributed by atoms with Crippen molar-refractivity contribution in [1.82, 2.24) is 14.9 Å². The van der Waals surface area contributed by atoms with Crippen LogP contribution in [-0.4, -0.2) is 47.0 Å². The topological polar surface area (TPSA) is 49.3 Å². The molecule has 1 aliphatic heterocycles. The maximum absolute atomic E-state index is 13.0. The van der Waals surface area contributed by atoms with Gasteiger partial charge in [0.05, 0.1) is 0 Å². The van der Waals surface area contributed by atoms with Gasteiger partial charge >= 0.3 is 0 Å². The Hall–Kier alpha value is -2.43. The zero-order valence-corrected chi connectivity index (χ0v) is 19.2. The number of amides is 1. The first-order valence-electron chi connectivity index (χ1n) is 11.4. The van der Waals surface area contributed by atoms with Crippen molar-refractivity contribution in [3.05, 3.63) is 52.5 Å². The van der Waals surface area contributed by atoms with Crippen LogP contribution >= 0.6 is 0 Å². The summed E-state index contributed by atoms with van der Waals surface area (Å²) in [6.45, 7) is 13.7. The Morgan fingerprint density at radius 3 is 2.27 bits per heavy atom. The fourth-order valence-electron chi connectivity index (χ4n) is 4.32. The van der Waals surface area contributed by atoms with E-state index in [9.17, 15) is 4.79 Å². The van der Waals surface area contributed by atoms with Crippen molar-refractivity contribution in [2.45, 2.75) is 66.2 Å². The van der Waals surface area contributed by atoms with Crippen LogP contribution in [0, 0.1) is 13.8 Å². The van der Waals surface area contributed by atoms with E-state index in [2.05, 4.69) is 49.7 Å². The molecule has 1 amide bonds. The molecule has 0 unspecified atom stereocenters. The zero-order chi connectivity index (χ0) is 21.7. The molecule has 2 aromatic rings. The van der Waals surface area contributed by atoms with E-state index in [1.165, 1.54) is 30.4 Å². The van der Waals surface area contributed by atoms with Crippen molar-refractivity contribution in [2.75, 3.05) is 31.1 Å². The number of hydrogen-bond acceptors (Lipinski definition) is 4. The number of nitrogens with zero attached hydrogens (tertiary/aromatic N) is 4. The Morgan fingerprint density at radius 1 is 1.00 bits per heavy atom. The van der Waals surface area contributed by atoms with Crippen LogP contribution in [0.2, 0.25) is 0 Å². The van der Waals surface area contributed by atoms with Gasteiger partial charge < -0.3 is 9.80 Å². The summed E-state index contributed by atoms with van der Waals surface area (Å²) in [6, 6.07) is 8.20. The molecule has 1 fully saturated rings. The van der Waals surface area contributed by atoms with Crippen LogP contribution in [0.25, 0.3) is 0 Å². The number of benzene rings is 1. The summed E-state index contributed by atoms with van der Waals surface area (Å²) in [7, 11) is 0. The van der Waals surface area contributed by atoms with Gasteiger partial charge in [0.1, 0.15) is 11.6 Å². The molecule has 0 N–H and O–H groups in total. The van der Waals surface area contributed by atoms with E-state index in [1.807, 2.05) is 24.0 Å². The highest BCUT2D eigenvalue weighted by Gasteiger charge is 2.26. The summed E-state index contributed by atoms with van der Waals surface area (Å²) < 4.78 is 0. The molecular formula is C25H36N4O. The van der Waals surface area contributed by atoms with Gasteiger partial charge in [-0.25, -0.2) is 9.97 Å². The summed E-state index contributed by atoms with van der Waals surface area (Å²) in [5, 5.41) is 0. The third-order valence-corrected chi connectivity index (χ3v) is 5.94. The predicted octanol–water partition coefficient (Wildman–Crippen LogP) is 4.91. The van der Waals surface area contributed by atoms with E-state index in [4.69, 9.17) is 4.98 Å². The molecule has 0 atom stereocenters. The van der Waals surface area contributed by atoms with Crippen LogP contribution in [0.15, 0.2) is 24.3 Å². The first-order valence-corrected chi connectivity index (χ1v) is 11.4. The van der Waals surface area contributed by atoms with Gasteiger partial charge in [0.2, 0.25) is 0 Å². The van der Waals surface area contributed by atoms with E-state index in [0.717, 1.165) is 55.5 Å². The SMILES string of the molecule is CCCCCc1ccc(C(=O)N2CCN(c3nc(C)nc(C)c3C(C)C)CC2)cc1. The second-order valence-corrected chi connectivity index (χ2v) is 8.68. The highest BCUT2D eigenvalue weighted by molar-refractivity contribution is 5.94. The molecule has 2 heterocycles. The van der Waals surface area contributed by atoms with E-state index in [1.54, 1.807) is 0 Å². The minimum atomic E-state index is 0.133. The average molecular weight is 409 g/mol. The highest BCUT2D eigenvalue weighted by Crippen LogP contribution is 2.29. The zero-order valence-electron chi connectivity index (χ0n) is 19.2. The number of aromatic nitrogens is 2. The Labute approximate surface area is 181 Å². The van der Waals surface area contributed by atoms with Crippen molar-refractivity contribution in [2.24, 2.45) is 0 Å². The predicted molar refractivity (Wildman–Crippen MR) is 123 cm³/mol. The fourth-order valence-corrected chi connectivity index (χ4v) is 4.32. The molecule has 1 aromatic heterocycles. The molecule has 5 heteroatoms. The summed E-state index contributed by atoms with van der Waals surface area (Å²) in [5.74, 6) is 2.35. The lowest BCUT2D eigenvalue weighted by molar-refractivity contribution is 0.0746. The first kappa shape index (κ1) is 22.3. The van der Waals surface area contributed by atoms with Crippen LogP contribution in [0.3, 0.4) is 0 Å². The van der Waals surface area contributed by atoms with E-state index >= 15 is 0 Å². The Bertz CT molecular complexity index is 852. The lowest BCUT2D eigenvalue weighted by atomic mass is 10.0. The summed E-state index contributed by atoms with van der Waals surface area (Å²) in [4.78, 5) is 26.6. The van der Waals surface area contributed by atoms with Gasteiger partial charge in [0, 0.05) is 43.0 Å². The van der Waals surface area contributed by atoms with E-state index in [-0.39, 0.29) is 5.91 Å². The van der Waals surface area contributed by atoms with Crippen molar-refractivity contribution in [3.8, 4) is 0 Å². The lowest BCUT2D eigenvalue weighted by Crippen LogP contribution is -2.49. The summed E-state index contributed by atoms with van der Waals surface area (Å²) >= 11 is 0. The molecule has 3 rings (SSSR count). The highest BCUT2D eigenvalue weighted by atomic mass is 16.2. The smallest absolute Gasteiger partial charge is 0.253 e. The molecule has 1 aliphatic rings. The summed E-state index contributed by atoms with van der Waals surface area (Å²) in [6.07, 6.45) is 4.80. The molecule has 1 aromatic carbocycles. The van der Waals surface area contributed by atoms with Gasteiger partial charge in [-0.05, 0) is 50.3 Å². The van der Waals surface area contributed by atoms with Crippen molar-refractivity contribution in [1.29, 1.82) is 0 Å². The van der Waals surface area contributed by atoms with Crippen LogP contribution in [0.1, 0.15) is 79.0 Å². The number of piperazine rings is 1. The number of aryl methyl sites for hydroxylation is 3. The standard InChI is InChI=1S/C25H36N4O/c1-6-7-8-9-21-10-12-22(13-11-21)25(30)29-16-14-28(15-17-29)24-23(18(2)3)19(4)26-20(5)27-24/h10-13,18H,6-9,14-17H2,1-5H3. The molecule has 0 aliphatic carbocycles. The molecule has 30 heavy (non-hydrogen) atoms. The second-order valence-electron chi connectivity index (χ2n) is 8.68. The minimum absolute atomic E-state index is 0.133. The molecule has 5 nitrogen and oxygen atoms in total. The lowest BCUT2D eigenvalue weighted by Gasteiger charge is -2.37. The largest absolute Gasteiger partial charge is 0.353 e.